The van der Waals surface area contributed by atoms with Crippen LogP contribution in [0.15, 0.2) is 91.0 Å². The number of ketones is 2. The Labute approximate surface area is 163 Å². The summed E-state index contributed by atoms with van der Waals surface area (Å²) < 4.78 is 5.50. The molecule has 0 heterocycles. The molecule has 0 radical (unpaired) electrons. The van der Waals surface area contributed by atoms with Crippen molar-refractivity contribution >= 4 is 17.5 Å². The summed E-state index contributed by atoms with van der Waals surface area (Å²) in [6.07, 6.45) is -1.09. The minimum absolute atomic E-state index is 0.0316. The number of ether oxygens (including phenoxy) is 1. The zero-order valence-corrected chi connectivity index (χ0v) is 15.3. The van der Waals surface area contributed by atoms with Crippen LogP contribution in [-0.2, 0) is 9.53 Å². The maximum absolute atomic E-state index is 12.9. The first kappa shape index (κ1) is 19.2. The van der Waals surface area contributed by atoms with Crippen LogP contribution in [0.1, 0.15) is 45.2 Å². The molecule has 4 nitrogen and oxygen atoms in total. The number of carbonyl (C=O) groups excluding carboxylic acids is 3. The predicted molar refractivity (Wildman–Crippen MR) is 106 cm³/mol. The molecule has 0 N–H and O–H groups in total. The van der Waals surface area contributed by atoms with E-state index >= 15 is 0 Å². The zero-order chi connectivity index (χ0) is 19.8. The van der Waals surface area contributed by atoms with Crippen molar-refractivity contribution in [2.45, 2.75) is 18.9 Å². The lowest BCUT2D eigenvalue weighted by Crippen LogP contribution is -2.20. The van der Waals surface area contributed by atoms with E-state index in [1.807, 2.05) is 18.2 Å². The highest BCUT2D eigenvalue weighted by Gasteiger charge is 2.26. The molecule has 1 unspecified atom stereocenters. The summed E-state index contributed by atoms with van der Waals surface area (Å²) in [5.41, 5.74) is 1.61. The lowest BCUT2D eigenvalue weighted by Gasteiger charge is -2.17. The molecule has 0 aliphatic rings. The predicted octanol–water partition coefficient (Wildman–Crippen LogP) is 4.82. The summed E-state index contributed by atoms with van der Waals surface area (Å²) in [6.45, 7) is 0. The van der Waals surface area contributed by atoms with Crippen LogP contribution in [0.4, 0.5) is 0 Å². The number of hydrogen-bond acceptors (Lipinski definition) is 4. The topological polar surface area (TPSA) is 60.4 Å². The van der Waals surface area contributed by atoms with Crippen LogP contribution in [-0.4, -0.2) is 17.5 Å². The third kappa shape index (κ3) is 5.01. The smallest absolute Gasteiger partial charge is 0.307 e. The normalized spacial score (nSPS) is 11.4. The largest absolute Gasteiger partial charge is 0.449 e. The van der Waals surface area contributed by atoms with Gasteiger partial charge in [0.2, 0.25) is 5.78 Å². The molecule has 0 saturated carbocycles. The molecule has 3 aromatic rings. The van der Waals surface area contributed by atoms with E-state index in [1.165, 1.54) is 0 Å². The van der Waals surface area contributed by atoms with Gasteiger partial charge in [-0.1, -0.05) is 91.0 Å². The quantitative estimate of drug-likeness (QED) is 0.420. The van der Waals surface area contributed by atoms with Gasteiger partial charge in [-0.25, -0.2) is 0 Å². The molecule has 140 valence electrons. The number of Topliss-reactive ketones (excluding diaryl/α,β-unsaturated/α-hetero) is 2. The Balaban J connectivity index is 1.70. The maximum atomic E-state index is 12.9. The maximum Gasteiger partial charge on any atom is 0.307 e. The highest BCUT2D eigenvalue weighted by atomic mass is 16.5. The average molecular weight is 372 g/mol. The van der Waals surface area contributed by atoms with Gasteiger partial charge in [-0.05, 0) is 0 Å². The Morgan fingerprint density at radius 2 is 1.14 bits per heavy atom. The third-order valence-electron chi connectivity index (χ3n) is 4.30. The van der Waals surface area contributed by atoms with E-state index in [4.69, 9.17) is 4.74 Å². The zero-order valence-electron chi connectivity index (χ0n) is 15.3. The fraction of sp³-hybridized carbons (Fsp3) is 0.125. The molecular formula is C24H20O4. The first-order valence-corrected chi connectivity index (χ1v) is 9.07. The van der Waals surface area contributed by atoms with E-state index in [2.05, 4.69) is 0 Å². The monoisotopic (exact) mass is 372 g/mol. The number of hydrogen-bond donors (Lipinski definition) is 0. The van der Waals surface area contributed by atoms with Crippen LogP contribution in [0.2, 0.25) is 0 Å². The number of carbonyl (C=O) groups is 3. The molecule has 0 aliphatic carbocycles. The molecule has 0 saturated heterocycles. The van der Waals surface area contributed by atoms with Crippen LogP contribution in [0.3, 0.4) is 0 Å². The van der Waals surface area contributed by atoms with Gasteiger partial charge in [-0.3, -0.25) is 14.4 Å². The van der Waals surface area contributed by atoms with Gasteiger partial charge in [0.25, 0.3) is 0 Å². The van der Waals surface area contributed by atoms with Gasteiger partial charge in [0.1, 0.15) is 0 Å². The van der Waals surface area contributed by atoms with Crippen LogP contribution in [0.25, 0.3) is 0 Å². The van der Waals surface area contributed by atoms with Crippen LogP contribution in [0.5, 0.6) is 0 Å². The standard InChI is InChI=1S/C24H20O4/c25-21(18-10-4-1-5-11-18)16-17-22(26)28-24(20-14-8-3-9-15-20)23(27)19-12-6-2-7-13-19/h1-15,24H,16-17H2. The Morgan fingerprint density at radius 1 is 0.643 bits per heavy atom. The number of esters is 1. The van der Waals surface area contributed by atoms with E-state index in [-0.39, 0.29) is 24.4 Å². The molecule has 1 atom stereocenters. The fourth-order valence-corrected chi connectivity index (χ4v) is 2.83. The Hall–Kier alpha value is -3.53. The number of rotatable bonds is 8. The highest BCUT2D eigenvalue weighted by molar-refractivity contribution is 6.01. The minimum atomic E-state index is -1.04. The Morgan fingerprint density at radius 3 is 1.71 bits per heavy atom. The Kier molecular flexibility index (Phi) is 6.47. The lowest BCUT2D eigenvalue weighted by molar-refractivity contribution is -0.147. The summed E-state index contributed by atoms with van der Waals surface area (Å²) in [5.74, 6) is -1.01. The van der Waals surface area contributed by atoms with Crippen LogP contribution < -0.4 is 0 Å². The van der Waals surface area contributed by atoms with E-state index in [0.717, 1.165) is 0 Å². The van der Waals surface area contributed by atoms with Gasteiger partial charge in [0, 0.05) is 23.1 Å². The summed E-state index contributed by atoms with van der Waals surface area (Å²) >= 11 is 0. The molecule has 28 heavy (non-hydrogen) atoms. The third-order valence-corrected chi connectivity index (χ3v) is 4.30. The van der Waals surface area contributed by atoms with Crippen LogP contribution in [0, 0.1) is 0 Å². The SMILES string of the molecule is O=C(CCC(=O)c1ccccc1)OC(C(=O)c1ccccc1)c1ccccc1. The van der Waals surface area contributed by atoms with E-state index in [1.54, 1.807) is 72.8 Å². The van der Waals surface area contributed by atoms with Crippen molar-refractivity contribution in [3.8, 4) is 0 Å². The number of benzene rings is 3. The molecule has 0 aliphatic heterocycles. The van der Waals surface area contributed by atoms with Crippen molar-refractivity contribution < 1.29 is 19.1 Å². The van der Waals surface area contributed by atoms with Gasteiger partial charge in [0.05, 0.1) is 6.42 Å². The molecular weight excluding hydrogens is 352 g/mol. The first-order chi connectivity index (χ1) is 13.6. The van der Waals surface area contributed by atoms with Crippen molar-refractivity contribution in [1.29, 1.82) is 0 Å². The second-order valence-electron chi connectivity index (χ2n) is 6.30. The van der Waals surface area contributed by atoms with Gasteiger partial charge in [-0.15, -0.1) is 0 Å². The molecule has 0 fully saturated rings. The van der Waals surface area contributed by atoms with E-state index in [0.29, 0.717) is 16.7 Å². The van der Waals surface area contributed by atoms with Crippen molar-refractivity contribution in [3.63, 3.8) is 0 Å². The van der Waals surface area contributed by atoms with Gasteiger partial charge < -0.3 is 4.74 Å². The first-order valence-electron chi connectivity index (χ1n) is 9.07. The fourth-order valence-electron chi connectivity index (χ4n) is 2.83. The van der Waals surface area contributed by atoms with Crippen molar-refractivity contribution in [2.24, 2.45) is 0 Å². The molecule has 0 spiro atoms. The summed E-state index contributed by atoms with van der Waals surface area (Å²) in [7, 11) is 0. The molecule has 3 aromatic carbocycles. The minimum Gasteiger partial charge on any atom is -0.449 e. The lowest BCUT2D eigenvalue weighted by atomic mass is 9.99. The van der Waals surface area contributed by atoms with Crippen molar-refractivity contribution in [3.05, 3.63) is 108 Å². The highest BCUT2D eigenvalue weighted by Crippen LogP contribution is 2.23. The molecule has 0 bridgehead atoms. The summed E-state index contributed by atoms with van der Waals surface area (Å²) in [6, 6.07) is 26.4. The Bertz CT molecular complexity index is 934. The van der Waals surface area contributed by atoms with Crippen molar-refractivity contribution in [2.75, 3.05) is 0 Å². The second-order valence-corrected chi connectivity index (χ2v) is 6.30. The second kappa shape index (κ2) is 9.42. The molecule has 0 amide bonds. The van der Waals surface area contributed by atoms with Crippen LogP contribution >= 0.6 is 0 Å². The van der Waals surface area contributed by atoms with Gasteiger partial charge >= 0.3 is 5.97 Å². The van der Waals surface area contributed by atoms with E-state index in [9.17, 15) is 14.4 Å². The molecule has 0 aromatic heterocycles. The average Bonchev–Trinajstić information content (AvgIpc) is 2.77. The van der Waals surface area contributed by atoms with Gasteiger partial charge in [0.15, 0.2) is 11.9 Å². The summed E-state index contributed by atoms with van der Waals surface area (Å²) in [4.78, 5) is 37.5. The van der Waals surface area contributed by atoms with Crippen molar-refractivity contribution in [1.82, 2.24) is 0 Å². The molecule has 3 rings (SSSR count). The van der Waals surface area contributed by atoms with Gasteiger partial charge in [-0.2, -0.15) is 0 Å². The van der Waals surface area contributed by atoms with E-state index < -0.39 is 12.1 Å². The molecule has 4 heteroatoms. The summed E-state index contributed by atoms with van der Waals surface area (Å²) in [5, 5.41) is 0.